The average molecular weight is 313 g/mol. The number of nitrogens with zero attached hydrogens (tertiary/aromatic N) is 1. The lowest BCUT2D eigenvalue weighted by Crippen LogP contribution is -2.11. The van der Waals surface area contributed by atoms with E-state index in [-0.39, 0.29) is 21.4 Å². The van der Waals surface area contributed by atoms with Crippen molar-refractivity contribution in [1.82, 2.24) is 4.57 Å². The van der Waals surface area contributed by atoms with E-state index in [4.69, 9.17) is 4.74 Å². The van der Waals surface area contributed by atoms with Gasteiger partial charge in [0.05, 0.1) is 5.52 Å². The third kappa shape index (κ3) is 1.58. The lowest BCUT2D eigenvalue weighted by atomic mass is 10.2. The molecule has 1 aromatic heterocycles. The summed E-state index contributed by atoms with van der Waals surface area (Å²) in [5.74, 6) is 0.428. The van der Waals surface area contributed by atoms with E-state index in [0.29, 0.717) is 16.7 Å². The second kappa shape index (κ2) is 4.20. The molecule has 22 heavy (non-hydrogen) atoms. The molecule has 2 heterocycles. The second-order valence-corrected chi connectivity index (χ2v) is 6.94. The number of benzene rings is 2. The Kier molecular flexibility index (Phi) is 2.50. The highest BCUT2D eigenvalue weighted by Crippen LogP contribution is 2.45. The number of carbonyl (C=O) groups excluding carboxylic acids is 1. The second-order valence-electron chi connectivity index (χ2n) is 5.08. The SMILES string of the molecule is CC(=O)n1ccc2c3c(ccc21)Oc1ccccc1S3(=O)=O. The fourth-order valence-electron chi connectivity index (χ4n) is 2.79. The predicted molar refractivity (Wildman–Crippen MR) is 80.2 cm³/mol. The van der Waals surface area contributed by atoms with Gasteiger partial charge in [-0.05, 0) is 30.3 Å². The molecular formula is C16H11NO4S. The van der Waals surface area contributed by atoms with Gasteiger partial charge in [0.15, 0.2) is 0 Å². The fourth-order valence-corrected chi connectivity index (χ4v) is 4.48. The van der Waals surface area contributed by atoms with Gasteiger partial charge in [-0.2, -0.15) is 0 Å². The Balaban J connectivity index is 2.11. The molecule has 1 aliphatic rings. The van der Waals surface area contributed by atoms with Crippen molar-refractivity contribution in [2.75, 3.05) is 0 Å². The summed E-state index contributed by atoms with van der Waals surface area (Å²) in [4.78, 5) is 11.9. The first kappa shape index (κ1) is 13.1. The zero-order valence-electron chi connectivity index (χ0n) is 11.6. The van der Waals surface area contributed by atoms with E-state index in [1.807, 2.05) is 0 Å². The molecule has 0 aliphatic carbocycles. The molecule has 0 unspecified atom stereocenters. The van der Waals surface area contributed by atoms with Gasteiger partial charge in [0.2, 0.25) is 15.7 Å². The Morgan fingerprint density at radius 2 is 1.82 bits per heavy atom. The maximum absolute atomic E-state index is 12.9. The molecule has 0 bridgehead atoms. The first-order chi connectivity index (χ1) is 10.5. The zero-order chi connectivity index (χ0) is 15.5. The van der Waals surface area contributed by atoms with Gasteiger partial charge < -0.3 is 4.74 Å². The molecule has 0 radical (unpaired) electrons. The summed E-state index contributed by atoms with van der Waals surface area (Å²) in [5.41, 5.74) is 0.554. The quantitative estimate of drug-likeness (QED) is 0.500. The summed E-state index contributed by atoms with van der Waals surface area (Å²) in [6.07, 6.45) is 1.57. The number of carbonyl (C=O) groups is 1. The highest BCUT2D eigenvalue weighted by Gasteiger charge is 2.33. The minimum atomic E-state index is -3.69. The van der Waals surface area contributed by atoms with E-state index in [1.54, 1.807) is 42.6 Å². The number of sulfone groups is 1. The maximum Gasteiger partial charge on any atom is 0.227 e. The topological polar surface area (TPSA) is 65.4 Å². The van der Waals surface area contributed by atoms with Crippen molar-refractivity contribution >= 4 is 26.6 Å². The van der Waals surface area contributed by atoms with Crippen LogP contribution in [0, 0.1) is 0 Å². The van der Waals surface area contributed by atoms with Crippen molar-refractivity contribution in [3.05, 3.63) is 48.7 Å². The summed E-state index contributed by atoms with van der Waals surface area (Å²) in [5, 5.41) is 0.488. The predicted octanol–water partition coefficient (Wildman–Crippen LogP) is 3.24. The van der Waals surface area contributed by atoms with E-state index in [2.05, 4.69) is 0 Å². The van der Waals surface area contributed by atoms with Crippen molar-refractivity contribution in [3.8, 4) is 11.5 Å². The third-order valence-corrected chi connectivity index (χ3v) is 5.63. The number of para-hydroxylation sites is 1. The van der Waals surface area contributed by atoms with Crippen LogP contribution in [-0.4, -0.2) is 18.9 Å². The van der Waals surface area contributed by atoms with Crippen LogP contribution in [0.4, 0.5) is 0 Å². The molecule has 0 saturated carbocycles. The van der Waals surface area contributed by atoms with Gasteiger partial charge in [-0.15, -0.1) is 0 Å². The molecule has 2 aromatic carbocycles. The van der Waals surface area contributed by atoms with Crippen LogP contribution in [0.15, 0.2) is 58.5 Å². The van der Waals surface area contributed by atoms with Crippen LogP contribution < -0.4 is 4.74 Å². The maximum atomic E-state index is 12.9. The number of fused-ring (bicyclic) bond motifs is 4. The first-order valence-corrected chi connectivity index (χ1v) is 8.15. The van der Waals surface area contributed by atoms with Crippen molar-refractivity contribution in [1.29, 1.82) is 0 Å². The van der Waals surface area contributed by atoms with E-state index in [9.17, 15) is 13.2 Å². The zero-order valence-corrected chi connectivity index (χ0v) is 12.4. The Morgan fingerprint density at radius 3 is 2.59 bits per heavy atom. The molecule has 5 nitrogen and oxygen atoms in total. The molecule has 110 valence electrons. The minimum Gasteiger partial charge on any atom is -0.455 e. The molecular weight excluding hydrogens is 302 g/mol. The van der Waals surface area contributed by atoms with E-state index in [1.165, 1.54) is 17.6 Å². The number of aromatic nitrogens is 1. The van der Waals surface area contributed by atoms with Crippen LogP contribution >= 0.6 is 0 Å². The normalized spacial score (nSPS) is 15.0. The minimum absolute atomic E-state index is 0.115. The van der Waals surface area contributed by atoms with Gasteiger partial charge in [-0.1, -0.05) is 12.1 Å². The van der Waals surface area contributed by atoms with E-state index >= 15 is 0 Å². The Hall–Kier alpha value is -2.60. The fraction of sp³-hybridized carbons (Fsp3) is 0.0625. The molecule has 4 rings (SSSR count). The van der Waals surface area contributed by atoms with Crippen molar-refractivity contribution in [2.45, 2.75) is 16.7 Å². The van der Waals surface area contributed by atoms with Crippen LogP contribution in [0.2, 0.25) is 0 Å². The van der Waals surface area contributed by atoms with Crippen molar-refractivity contribution in [2.24, 2.45) is 0 Å². The Morgan fingerprint density at radius 1 is 1.05 bits per heavy atom. The lowest BCUT2D eigenvalue weighted by molar-refractivity contribution is 0.0941. The molecule has 1 aliphatic heterocycles. The van der Waals surface area contributed by atoms with Gasteiger partial charge >= 0.3 is 0 Å². The Bertz CT molecular complexity index is 1050. The number of hydrogen-bond acceptors (Lipinski definition) is 4. The van der Waals surface area contributed by atoms with E-state index in [0.717, 1.165) is 0 Å². The summed E-state index contributed by atoms with van der Waals surface area (Å²) >= 11 is 0. The van der Waals surface area contributed by atoms with E-state index < -0.39 is 9.84 Å². The van der Waals surface area contributed by atoms with Crippen LogP contribution in [0.25, 0.3) is 10.9 Å². The molecule has 0 N–H and O–H groups in total. The largest absolute Gasteiger partial charge is 0.455 e. The van der Waals surface area contributed by atoms with Crippen molar-refractivity contribution in [3.63, 3.8) is 0 Å². The van der Waals surface area contributed by atoms with Crippen LogP contribution in [0.3, 0.4) is 0 Å². The first-order valence-electron chi connectivity index (χ1n) is 6.67. The summed E-state index contributed by atoms with van der Waals surface area (Å²) in [6.45, 7) is 1.43. The highest BCUT2D eigenvalue weighted by molar-refractivity contribution is 7.92. The number of hydrogen-bond donors (Lipinski definition) is 0. The lowest BCUT2D eigenvalue weighted by Gasteiger charge is -2.20. The molecule has 0 spiro atoms. The van der Waals surface area contributed by atoms with Crippen LogP contribution in [0.1, 0.15) is 11.7 Å². The molecule has 0 amide bonds. The van der Waals surface area contributed by atoms with Crippen molar-refractivity contribution < 1.29 is 17.9 Å². The third-order valence-electron chi connectivity index (χ3n) is 3.75. The molecule has 0 fully saturated rings. The standard InChI is InChI=1S/C16H11NO4S/c1-10(18)17-9-8-11-12(17)6-7-14-16(11)22(19,20)15-5-3-2-4-13(15)21-14/h2-9H,1H3. The number of rotatable bonds is 0. The molecule has 0 saturated heterocycles. The summed E-state index contributed by atoms with van der Waals surface area (Å²) < 4.78 is 33.0. The molecule has 0 atom stereocenters. The molecule has 3 aromatic rings. The van der Waals surface area contributed by atoms with Crippen LogP contribution in [-0.2, 0) is 9.84 Å². The molecule has 6 heteroatoms. The highest BCUT2D eigenvalue weighted by atomic mass is 32.2. The number of ether oxygens (including phenoxy) is 1. The van der Waals surface area contributed by atoms with Gasteiger partial charge in [0.25, 0.3) is 0 Å². The smallest absolute Gasteiger partial charge is 0.227 e. The monoisotopic (exact) mass is 313 g/mol. The average Bonchev–Trinajstić information content (AvgIpc) is 2.90. The van der Waals surface area contributed by atoms with Gasteiger partial charge in [0, 0.05) is 18.5 Å². The summed E-state index contributed by atoms with van der Waals surface area (Å²) in [6, 6.07) is 11.4. The van der Waals surface area contributed by atoms with Gasteiger partial charge in [-0.25, -0.2) is 8.42 Å². The van der Waals surface area contributed by atoms with Gasteiger partial charge in [0.1, 0.15) is 21.3 Å². The Labute approximate surface area is 126 Å². The summed E-state index contributed by atoms with van der Waals surface area (Å²) in [7, 11) is -3.69. The van der Waals surface area contributed by atoms with Crippen LogP contribution in [0.5, 0.6) is 11.5 Å². The van der Waals surface area contributed by atoms with Gasteiger partial charge in [-0.3, -0.25) is 9.36 Å².